The minimum Gasteiger partial charge on any atom is -0.382 e. The monoisotopic (exact) mass is 757 g/mol. The highest BCUT2D eigenvalue weighted by Gasteiger charge is 2.39. The summed E-state index contributed by atoms with van der Waals surface area (Å²) in [5, 5.41) is 13.6. The summed E-state index contributed by atoms with van der Waals surface area (Å²) in [5.74, 6) is -0.0986. The molecule has 0 amide bonds. The summed E-state index contributed by atoms with van der Waals surface area (Å²) in [6, 6.07) is 9.90. The van der Waals surface area contributed by atoms with Crippen LogP contribution < -0.4 is 5.73 Å². The van der Waals surface area contributed by atoms with Gasteiger partial charge in [-0.25, -0.2) is 13.9 Å². The molecule has 3 heterocycles. The van der Waals surface area contributed by atoms with Crippen molar-refractivity contribution in [1.29, 1.82) is 5.26 Å². The Morgan fingerprint density at radius 1 is 1.00 bits per heavy atom. The van der Waals surface area contributed by atoms with E-state index in [-0.39, 0.29) is 38.1 Å². The number of hydrogen-bond acceptors (Lipinski definition) is 10. The summed E-state index contributed by atoms with van der Waals surface area (Å²) < 4.78 is 45.6. The molecule has 0 radical (unpaired) electrons. The Kier molecular flexibility index (Phi) is 19.4. The van der Waals surface area contributed by atoms with E-state index in [0.717, 1.165) is 30.5 Å². The maximum absolute atomic E-state index is 14.0. The van der Waals surface area contributed by atoms with E-state index < -0.39 is 26.1 Å². The molecule has 3 N–H and O–H groups in total. The molecule has 2 aromatic heterocycles. The highest BCUT2D eigenvalue weighted by molar-refractivity contribution is 7.40. The summed E-state index contributed by atoms with van der Waals surface area (Å²) in [5.41, 5.74) is 7.71. The van der Waals surface area contributed by atoms with Crippen molar-refractivity contribution in [3.05, 3.63) is 59.3 Å². The summed E-state index contributed by atoms with van der Waals surface area (Å²) in [4.78, 5) is 14.7. The molecule has 4 atom stereocenters. The molecule has 13 heteroatoms. The third-order valence-corrected chi connectivity index (χ3v) is 10.5. The van der Waals surface area contributed by atoms with Gasteiger partial charge in [0.1, 0.15) is 29.9 Å². The number of aromatic nitrogens is 3. The van der Waals surface area contributed by atoms with Gasteiger partial charge in [0.15, 0.2) is 5.82 Å². The fraction of sp³-hybridized carbons (Fsp3) is 0.675. The zero-order valence-corrected chi connectivity index (χ0v) is 32.7. The van der Waals surface area contributed by atoms with Crippen molar-refractivity contribution >= 4 is 19.9 Å². The minimum absolute atomic E-state index is 0.0128. The Morgan fingerprint density at radius 3 is 2.36 bits per heavy atom. The number of ether oxygens (including phenoxy) is 3. The number of nitriles is 1. The van der Waals surface area contributed by atoms with Gasteiger partial charge in [-0.15, -0.1) is 0 Å². The van der Waals surface area contributed by atoms with Gasteiger partial charge in [-0.1, -0.05) is 96.8 Å². The van der Waals surface area contributed by atoms with Crippen LogP contribution in [0.2, 0.25) is 0 Å². The van der Waals surface area contributed by atoms with E-state index in [1.54, 1.807) is 10.6 Å². The summed E-state index contributed by atoms with van der Waals surface area (Å²) in [7, 11) is -2.23. The quantitative estimate of drug-likeness (QED) is 0.0542. The SMILES string of the molecule is CCCCCCCCCCCCCCCCCOCC(COP(O)OC[C@]1(C)CCC(c2ccc3c(N)ncnn23)O1)OCc1cc(F)cc(C#N)c1. The molecular weight excluding hydrogens is 696 g/mol. The number of anilines is 1. The molecule has 11 nitrogen and oxygen atoms in total. The van der Waals surface area contributed by atoms with Crippen LogP contribution in [0.4, 0.5) is 10.2 Å². The molecule has 0 aliphatic carbocycles. The third-order valence-electron chi connectivity index (χ3n) is 9.82. The number of nitrogens with zero attached hydrogens (tertiary/aromatic N) is 4. The smallest absolute Gasteiger partial charge is 0.330 e. The van der Waals surface area contributed by atoms with Crippen LogP contribution >= 0.6 is 8.60 Å². The Morgan fingerprint density at radius 2 is 1.68 bits per heavy atom. The first-order chi connectivity index (χ1) is 25.8. The lowest BCUT2D eigenvalue weighted by Crippen LogP contribution is -2.30. The first kappa shape index (κ1) is 43.0. The van der Waals surface area contributed by atoms with E-state index in [0.29, 0.717) is 24.4 Å². The number of benzene rings is 1. The van der Waals surface area contributed by atoms with Crippen LogP contribution in [-0.4, -0.2) is 57.6 Å². The molecule has 4 rings (SSSR count). The van der Waals surface area contributed by atoms with Crippen molar-refractivity contribution in [1.82, 2.24) is 14.6 Å². The number of unbranched alkanes of at least 4 members (excludes halogenated alkanes) is 14. The average molecular weight is 758 g/mol. The number of hydrogen-bond donors (Lipinski definition) is 2. The topological polar surface area (TPSA) is 146 Å². The lowest BCUT2D eigenvalue weighted by molar-refractivity contribution is -0.0661. The molecule has 294 valence electrons. The normalized spacial score (nSPS) is 18.4. The van der Waals surface area contributed by atoms with Crippen LogP contribution in [0.15, 0.2) is 36.7 Å². The van der Waals surface area contributed by atoms with Gasteiger partial charge in [0.05, 0.1) is 49.4 Å². The Balaban J connectivity index is 1.13. The van der Waals surface area contributed by atoms with Gasteiger partial charge >= 0.3 is 8.60 Å². The van der Waals surface area contributed by atoms with Crippen molar-refractivity contribution in [3.63, 3.8) is 0 Å². The molecule has 1 aromatic carbocycles. The predicted molar refractivity (Wildman–Crippen MR) is 205 cm³/mol. The van der Waals surface area contributed by atoms with Crippen LogP contribution in [-0.2, 0) is 29.9 Å². The minimum atomic E-state index is -2.23. The van der Waals surface area contributed by atoms with Gasteiger partial charge in [-0.2, -0.15) is 10.4 Å². The van der Waals surface area contributed by atoms with Gasteiger partial charge < -0.3 is 33.9 Å². The lowest BCUT2D eigenvalue weighted by atomic mass is 10.0. The fourth-order valence-corrected chi connectivity index (χ4v) is 7.50. The van der Waals surface area contributed by atoms with Gasteiger partial charge in [-0.3, -0.25) is 0 Å². The molecule has 0 saturated carbocycles. The molecular formula is C40H61FN5O6P. The molecule has 1 saturated heterocycles. The number of rotatable bonds is 28. The van der Waals surface area contributed by atoms with Crippen molar-refractivity contribution in [3.8, 4) is 6.07 Å². The van der Waals surface area contributed by atoms with Crippen molar-refractivity contribution in [2.75, 3.05) is 32.2 Å². The summed E-state index contributed by atoms with van der Waals surface area (Å²) in [6.45, 7) is 5.25. The Hall–Kier alpha value is -2.75. The van der Waals surface area contributed by atoms with E-state index >= 15 is 0 Å². The second-order valence-corrected chi connectivity index (χ2v) is 15.5. The first-order valence-electron chi connectivity index (χ1n) is 19.7. The highest BCUT2D eigenvalue weighted by Crippen LogP contribution is 2.43. The van der Waals surface area contributed by atoms with Crippen molar-refractivity contribution < 1.29 is 32.5 Å². The van der Waals surface area contributed by atoms with E-state index in [4.69, 9.17) is 29.0 Å². The summed E-state index contributed by atoms with van der Waals surface area (Å²) >= 11 is 0. The Bertz CT molecular complexity index is 1520. The van der Waals surface area contributed by atoms with E-state index in [9.17, 15) is 14.5 Å². The van der Waals surface area contributed by atoms with Crippen molar-refractivity contribution in [2.24, 2.45) is 0 Å². The van der Waals surface area contributed by atoms with Crippen LogP contribution in [0.3, 0.4) is 0 Å². The van der Waals surface area contributed by atoms with Crippen LogP contribution in [0.1, 0.15) is 146 Å². The van der Waals surface area contributed by atoms with Crippen LogP contribution in [0.5, 0.6) is 0 Å². The fourth-order valence-electron chi connectivity index (χ4n) is 6.75. The highest BCUT2D eigenvalue weighted by atomic mass is 31.2. The average Bonchev–Trinajstić information content (AvgIpc) is 3.77. The molecule has 3 aromatic rings. The first-order valence-corrected chi connectivity index (χ1v) is 20.8. The van der Waals surface area contributed by atoms with Crippen LogP contribution in [0, 0.1) is 17.1 Å². The third kappa shape index (κ3) is 15.5. The largest absolute Gasteiger partial charge is 0.382 e. The lowest BCUT2D eigenvalue weighted by Gasteiger charge is -2.26. The molecule has 1 fully saturated rings. The molecule has 0 bridgehead atoms. The number of nitrogen functional groups attached to an aromatic ring is 1. The molecule has 1 aliphatic rings. The Labute approximate surface area is 316 Å². The number of fused-ring (bicyclic) bond motifs is 1. The number of halogens is 1. The predicted octanol–water partition coefficient (Wildman–Crippen LogP) is 9.66. The van der Waals surface area contributed by atoms with E-state index in [1.165, 1.54) is 102 Å². The molecule has 1 aliphatic heterocycles. The van der Waals surface area contributed by atoms with E-state index in [2.05, 4.69) is 17.0 Å². The zero-order chi connectivity index (χ0) is 37.7. The van der Waals surface area contributed by atoms with Gasteiger partial charge in [0.25, 0.3) is 0 Å². The van der Waals surface area contributed by atoms with Crippen LogP contribution in [0.25, 0.3) is 5.52 Å². The van der Waals surface area contributed by atoms with Crippen molar-refractivity contribution in [2.45, 2.75) is 147 Å². The second-order valence-electron chi connectivity index (χ2n) is 14.5. The molecule has 3 unspecified atom stereocenters. The number of nitrogens with two attached hydrogens (primary N) is 1. The van der Waals surface area contributed by atoms with Gasteiger partial charge in [0.2, 0.25) is 0 Å². The zero-order valence-electron chi connectivity index (χ0n) is 31.9. The molecule has 53 heavy (non-hydrogen) atoms. The standard InChI is InChI=1S/C40H61FN5O6P/c1-3-4-5-6-7-8-9-10-11-12-13-14-15-16-17-22-48-28-35(49-27-33-23-32(26-42)24-34(41)25-33)29-50-53(47)51-30-40(2)21-20-38(52-40)36-18-19-37-39(43)44-31-45-46(36)37/h18-19,23-25,31,35,38,47H,3-17,20-22,27-30H2,1-2H3,(H2,43,44,45)/t35?,38?,40-,53?/m0/s1. The maximum Gasteiger partial charge on any atom is 0.330 e. The maximum atomic E-state index is 14.0. The summed E-state index contributed by atoms with van der Waals surface area (Å²) in [6.07, 6.45) is 21.6. The van der Waals surface area contributed by atoms with Gasteiger partial charge in [-0.05, 0) is 62.1 Å². The van der Waals surface area contributed by atoms with Gasteiger partial charge in [0, 0.05) is 6.61 Å². The van der Waals surface area contributed by atoms with E-state index in [1.807, 2.05) is 25.1 Å². The molecule has 0 spiro atoms. The second kappa shape index (κ2) is 23.9.